The number of nitrogens with zero attached hydrogens (tertiary/aromatic N) is 2. The van der Waals surface area contributed by atoms with Gasteiger partial charge in [0.25, 0.3) is 0 Å². The number of carbonyl (C=O) groups is 1. The highest BCUT2D eigenvalue weighted by molar-refractivity contribution is 6.01. The fourth-order valence-corrected chi connectivity index (χ4v) is 1.51. The third kappa shape index (κ3) is 2.61. The fraction of sp³-hybridized carbons (Fsp3) is 0.0833. The van der Waals surface area contributed by atoms with Crippen LogP contribution in [0, 0.1) is 0 Å². The summed E-state index contributed by atoms with van der Waals surface area (Å²) in [4.78, 5) is 19.5. The number of amides is 1. The van der Waals surface area contributed by atoms with Gasteiger partial charge in [0.15, 0.2) is 0 Å². The van der Waals surface area contributed by atoms with Crippen LogP contribution in [0.25, 0.3) is 10.9 Å². The van der Waals surface area contributed by atoms with E-state index in [0.29, 0.717) is 23.4 Å². The minimum Gasteiger partial charge on any atom is -0.383 e. The number of rotatable bonds is 3. The van der Waals surface area contributed by atoms with Crippen molar-refractivity contribution in [1.29, 1.82) is 0 Å². The van der Waals surface area contributed by atoms with Crippen LogP contribution < -0.4 is 16.8 Å². The Morgan fingerprint density at radius 2 is 2.22 bits per heavy atom. The number of nitrogens with one attached hydrogen (secondary N) is 1. The maximum Gasteiger partial charge on any atom is 0.248 e. The van der Waals surface area contributed by atoms with Crippen LogP contribution in [0.5, 0.6) is 0 Å². The molecule has 1 amide bonds. The molecule has 6 nitrogen and oxygen atoms in total. The molecule has 92 valence electrons. The van der Waals surface area contributed by atoms with E-state index in [1.165, 1.54) is 12.4 Å². The van der Waals surface area contributed by atoms with Gasteiger partial charge in [-0.3, -0.25) is 4.79 Å². The number of fused-ring (bicyclic) bond motifs is 1. The molecular formula is C12H13N5O. The molecule has 2 rings (SSSR count). The van der Waals surface area contributed by atoms with Crippen LogP contribution in [0.3, 0.4) is 0 Å². The lowest BCUT2D eigenvalue weighted by Gasteiger charge is -2.05. The summed E-state index contributed by atoms with van der Waals surface area (Å²) in [6.45, 7) is 0.325. The SMILES string of the molecule is NC/C=C/C(=O)Nc1ccc2ncnc(N)c2c1. The molecule has 0 fully saturated rings. The predicted octanol–water partition coefficient (Wildman–Crippen LogP) is 0.665. The van der Waals surface area contributed by atoms with Crippen LogP contribution in [0.15, 0.2) is 36.7 Å². The van der Waals surface area contributed by atoms with Gasteiger partial charge in [-0.2, -0.15) is 0 Å². The molecule has 0 spiro atoms. The van der Waals surface area contributed by atoms with Gasteiger partial charge in [0, 0.05) is 23.7 Å². The van der Waals surface area contributed by atoms with Crippen molar-refractivity contribution in [2.75, 3.05) is 17.6 Å². The Morgan fingerprint density at radius 3 is 3.00 bits per heavy atom. The summed E-state index contributed by atoms with van der Waals surface area (Å²) in [5, 5.41) is 3.41. The number of carbonyl (C=O) groups excluding carboxylic acids is 1. The van der Waals surface area contributed by atoms with Crippen LogP contribution in [-0.2, 0) is 4.79 Å². The average molecular weight is 243 g/mol. The number of hydrogen-bond donors (Lipinski definition) is 3. The number of nitrogens with two attached hydrogens (primary N) is 2. The molecule has 0 aliphatic rings. The molecule has 0 saturated carbocycles. The van der Waals surface area contributed by atoms with Gasteiger partial charge in [0.05, 0.1) is 5.52 Å². The first kappa shape index (κ1) is 12.0. The van der Waals surface area contributed by atoms with Gasteiger partial charge in [-0.05, 0) is 18.2 Å². The number of aromatic nitrogens is 2. The Balaban J connectivity index is 2.27. The Morgan fingerprint density at radius 1 is 1.39 bits per heavy atom. The third-order valence-corrected chi connectivity index (χ3v) is 2.34. The number of hydrogen-bond acceptors (Lipinski definition) is 5. The molecule has 0 bridgehead atoms. The van der Waals surface area contributed by atoms with Crippen molar-refractivity contribution in [2.45, 2.75) is 0 Å². The molecule has 1 aromatic heterocycles. The van der Waals surface area contributed by atoms with Crippen LogP contribution in [0.4, 0.5) is 11.5 Å². The summed E-state index contributed by atoms with van der Waals surface area (Å²) >= 11 is 0. The van der Waals surface area contributed by atoms with Crippen molar-refractivity contribution < 1.29 is 4.79 Å². The molecule has 1 aromatic carbocycles. The number of benzene rings is 1. The van der Waals surface area contributed by atoms with E-state index in [0.717, 1.165) is 5.52 Å². The highest BCUT2D eigenvalue weighted by Crippen LogP contribution is 2.20. The molecule has 1 heterocycles. The topological polar surface area (TPSA) is 107 Å². The second-order valence-electron chi connectivity index (χ2n) is 3.62. The van der Waals surface area contributed by atoms with Crippen molar-refractivity contribution in [3.05, 3.63) is 36.7 Å². The highest BCUT2D eigenvalue weighted by atomic mass is 16.1. The molecule has 0 atom stereocenters. The summed E-state index contributed by atoms with van der Waals surface area (Å²) in [6, 6.07) is 5.26. The van der Waals surface area contributed by atoms with Gasteiger partial charge >= 0.3 is 0 Å². The van der Waals surface area contributed by atoms with Crippen LogP contribution in [0.1, 0.15) is 0 Å². The Labute approximate surface area is 104 Å². The van der Waals surface area contributed by atoms with Crippen molar-refractivity contribution in [2.24, 2.45) is 5.73 Å². The second kappa shape index (κ2) is 5.24. The summed E-state index contributed by atoms with van der Waals surface area (Å²) in [7, 11) is 0. The van der Waals surface area contributed by atoms with E-state index < -0.39 is 0 Å². The maximum atomic E-state index is 11.5. The summed E-state index contributed by atoms with van der Waals surface area (Å²) in [5.41, 5.74) is 12.4. The molecule has 5 N–H and O–H groups in total. The molecule has 0 radical (unpaired) electrons. The lowest BCUT2D eigenvalue weighted by molar-refractivity contribution is -0.111. The molecule has 0 aliphatic carbocycles. The van der Waals surface area contributed by atoms with Crippen LogP contribution in [0.2, 0.25) is 0 Å². The number of anilines is 2. The lowest BCUT2D eigenvalue weighted by Crippen LogP contribution is -2.09. The van der Waals surface area contributed by atoms with Gasteiger partial charge in [-0.25, -0.2) is 9.97 Å². The minimum atomic E-state index is -0.241. The van der Waals surface area contributed by atoms with E-state index in [-0.39, 0.29) is 5.91 Å². The van der Waals surface area contributed by atoms with Gasteiger partial charge in [-0.1, -0.05) is 6.08 Å². The molecule has 0 saturated heterocycles. The fourth-order valence-electron chi connectivity index (χ4n) is 1.51. The van der Waals surface area contributed by atoms with Gasteiger partial charge in [0.2, 0.25) is 5.91 Å². The van der Waals surface area contributed by atoms with E-state index in [9.17, 15) is 4.79 Å². The number of nitrogen functional groups attached to an aromatic ring is 1. The molecule has 18 heavy (non-hydrogen) atoms. The van der Waals surface area contributed by atoms with Gasteiger partial charge in [-0.15, -0.1) is 0 Å². The van der Waals surface area contributed by atoms with Crippen LogP contribution >= 0.6 is 0 Å². The maximum absolute atomic E-state index is 11.5. The van der Waals surface area contributed by atoms with Gasteiger partial charge < -0.3 is 16.8 Å². The quantitative estimate of drug-likeness (QED) is 0.687. The zero-order valence-electron chi connectivity index (χ0n) is 9.63. The van der Waals surface area contributed by atoms with E-state index in [2.05, 4.69) is 15.3 Å². The first-order chi connectivity index (χ1) is 8.70. The van der Waals surface area contributed by atoms with Crippen LogP contribution in [-0.4, -0.2) is 22.4 Å². The third-order valence-electron chi connectivity index (χ3n) is 2.34. The predicted molar refractivity (Wildman–Crippen MR) is 70.8 cm³/mol. The monoisotopic (exact) mass is 243 g/mol. The minimum absolute atomic E-state index is 0.241. The van der Waals surface area contributed by atoms with Crippen molar-refractivity contribution in [3.63, 3.8) is 0 Å². The highest BCUT2D eigenvalue weighted by Gasteiger charge is 2.03. The van der Waals surface area contributed by atoms with E-state index >= 15 is 0 Å². The average Bonchev–Trinajstić information content (AvgIpc) is 2.37. The summed E-state index contributed by atoms with van der Waals surface area (Å²) in [5.74, 6) is 0.142. The zero-order valence-corrected chi connectivity index (χ0v) is 9.63. The van der Waals surface area contributed by atoms with Gasteiger partial charge in [0.1, 0.15) is 12.1 Å². The first-order valence-electron chi connectivity index (χ1n) is 5.38. The van der Waals surface area contributed by atoms with E-state index in [1.54, 1.807) is 24.3 Å². The molecular weight excluding hydrogens is 230 g/mol. The smallest absolute Gasteiger partial charge is 0.248 e. The standard InChI is InChI=1S/C12H13N5O/c13-5-1-2-11(18)17-8-3-4-10-9(6-8)12(14)16-7-15-10/h1-4,6-7H,5,13H2,(H,17,18)(H2,14,15,16)/b2-1+. The first-order valence-corrected chi connectivity index (χ1v) is 5.38. The summed E-state index contributed by atoms with van der Waals surface area (Å²) < 4.78 is 0. The van der Waals surface area contributed by atoms with E-state index in [4.69, 9.17) is 11.5 Å². The van der Waals surface area contributed by atoms with Crippen molar-refractivity contribution in [3.8, 4) is 0 Å². The Kier molecular flexibility index (Phi) is 3.49. The normalized spacial score (nSPS) is 10.9. The molecule has 0 aliphatic heterocycles. The summed E-state index contributed by atoms with van der Waals surface area (Å²) in [6.07, 6.45) is 4.36. The zero-order chi connectivity index (χ0) is 13.0. The molecule has 0 unspecified atom stereocenters. The lowest BCUT2D eigenvalue weighted by atomic mass is 10.2. The van der Waals surface area contributed by atoms with Crippen molar-refractivity contribution >= 4 is 28.3 Å². The van der Waals surface area contributed by atoms with Crippen molar-refractivity contribution in [1.82, 2.24) is 9.97 Å². The second-order valence-corrected chi connectivity index (χ2v) is 3.62. The Bertz CT molecular complexity index is 608. The van der Waals surface area contributed by atoms with E-state index in [1.807, 2.05) is 0 Å². The largest absolute Gasteiger partial charge is 0.383 e. The Hall–Kier alpha value is -2.47. The molecule has 2 aromatic rings. The molecule has 6 heteroatoms.